The fraction of sp³-hybridized carbons (Fsp3) is 0.250. The van der Waals surface area contributed by atoms with E-state index in [-0.39, 0.29) is 23.6 Å². The molecule has 0 unspecified atom stereocenters. The molecule has 1 aromatic carbocycles. The fourth-order valence-electron chi connectivity index (χ4n) is 2.73. The molecule has 0 fully saturated rings. The topological polar surface area (TPSA) is 104 Å². The highest BCUT2D eigenvalue weighted by Crippen LogP contribution is 2.45. The standard InChI is InChI=1S/C16H14N2O5/c1-20-8-3-4-11(21-2)9(5-8)13-10(6-17)15(18)23-12-7-22-16(19)14(12)13/h3-5,13H,7,18H2,1-2H3/t13-/m0/s1. The van der Waals surface area contributed by atoms with Crippen molar-refractivity contribution in [3.63, 3.8) is 0 Å². The fourth-order valence-corrected chi connectivity index (χ4v) is 2.73. The molecular weight excluding hydrogens is 300 g/mol. The van der Waals surface area contributed by atoms with Crippen LogP contribution in [0.2, 0.25) is 0 Å². The van der Waals surface area contributed by atoms with E-state index < -0.39 is 11.9 Å². The number of carbonyl (C=O) groups is 1. The van der Waals surface area contributed by atoms with Crippen molar-refractivity contribution in [1.82, 2.24) is 0 Å². The molecular formula is C16H14N2O5. The van der Waals surface area contributed by atoms with E-state index in [1.807, 2.05) is 6.07 Å². The summed E-state index contributed by atoms with van der Waals surface area (Å²) in [5.41, 5.74) is 6.83. The van der Waals surface area contributed by atoms with Gasteiger partial charge in [-0.15, -0.1) is 0 Å². The van der Waals surface area contributed by atoms with E-state index in [0.29, 0.717) is 22.8 Å². The van der Waals surface area contributed by atoms with Gasteiger partial charge in [-0.1, -0.05) is 0 Å². The number of allylic oxidation sites excluding steroid dienone is 1. The van der Waals surface area contributed by atoms with Gasteiger partial charge in [0.05, 0.1) is 25.7 Å². The van der Waals surface area contributed by atoms with Crippen molar-refractivity contribution in [3.05, 3.63) is 46.6 Å². The molecule has 1 atom stereocenters. The van der Waals surface area contributed by atoms with Crippen LogP contribution in [0, 0.1) is 11.3 Å². The number of nitriles is 1. The van der Waals surface area contributed by atoms with Crippen LogP contribution in [0.4, 0.5) is 0 Å². The number of rotatable bonds is 3. The molecule has 23 heavy (non-hydrogen) atoms. The molecule has 0 saturated heterocycles. The Morgan fingerprint density at radius 1 is 1.35 bits per heavy atom. The van der Waals surface area contributed by atoms with Crippen LogP contribution in [0.15, 0.2) is 41.0 Å². The van der Waals surface area contributed by atoms with Crippen LogP contribution in [0.25, 0.3) is 0 Å². The average molecular weight is 314 g/mol. The van der Waals surface area contributed by atoms with Crippen molar-refractivity contribution < 1.29 is 23.7 Å². The van der Waals surface area contributed by atoms with E-state index >= 15 is 0 Å². The van der Waals surface area contributed by atoms with Crippen molar-refractivity contribution in [2.45, 2.75) is 5.92 Å². The van der Waals surface area contributed by atoms with Gasteiger partial charge >= 0.3 is 5.97 Å². The molecule has 118 valence electrons. The van der Waals surface area contributed by atoms with E-state index in [0.717, 1.165) is 0 Å². The lowest BCUT2D eigenvalue weighted by Gasteiger charge is -2.25. The molecule has 0 saturated carbocycles. The van der Waals surface area contributed by atoms with Crippen molar-refractivity contribution in [2.24, 2.45) is 5.73 Å². The van der Waals surface area contributed by atoms with Crippen LogP contribution in [0.5, 0.6) is 11.5 Å². The molecule has 0 aromatic heterocycles. The van der Waals surface area contributed by atoms with Gasteiger partial charge in [-0.25, -0.2) is 4.79 Å². The Morgan fingerprint density at radius 3 is 2.78 bits per heavy atom. The van der Waals surface area contributed by atoms with Crippen molar-refractivity contribution in [1.29, 1.82) is 5.26 Å². The maximum atomic E-state index is 12.1. The van der Waals surface area contributed by atoms with Gasteiger partial charge in [0, 0.05) is 5.56 Å². The Balaban J connectivity index is 2.24. The first-order valence-electron chi connectivity index (χ1n) is 6.80. The number of cyclic esters (lactones) is 1. The molecule has 0 spiro atoms. The lowest BCUT2D eigenvalue weighted by Crippen LogP contribution is -2.22. The van der Waals surface area contributed by atoms with Gasteiger partial charge in [-0.05, 0) is 18.2 Å². The summed E-state index contributed by atoms with van der Waals surface area (Å²) in [7, 11) is 3.03. The van der Waals surface area contributed by atoms with Crippen LogP contribution in [-0.4, -0.2) is 26.8 Å². The molecule has 0 aliphatic carbocycles. The first-order chi connectivity index (χ1) is 11.1. The zero-order valence-corrected chi connectivity index (χ0v) is 12.6. The first-order valence-corrected chi connectivity index (χ1v) is 6.80. The summed E-state index contributed by atoms with van der Waals surface area (Å²) in [6, 6.07) is 7.15. The number of hydrogen-bond acceptors (Lipinski definition) is 7. The zero-order chi connectivity index (χ0) is 16.6. The molecule has 2 aliphatic rings. The Hall–Kier alpha value is -3.14. The minimum Gasteiger partial charge on any atom is -0.497 e. The highest BCUT2D eigenvalue weighted by molar-refractivity contribution is 5.95. The Kier molecular flexibility index (Phi) is 3.58. The van der Waals surface area contributed by atoms with E-state index in [9.17, 15) is 10.1 Å². The highest BCUT2D eigenvalue weighted by Gasteiger charge is 2.42. The minimum atomic E-state index is -0.719. The van der Waals surface area contributed by atoms with E-state index in [2.05, 4.69) is 0 Å². The molecule has 2 aliphatic heterocycles. The Morgan fingerprint density at radius 2 is 2.13 bits per heavy atom. The number of benzene rings is 1. The Bertz CT molecular complexity index is 788. The lowest BCUT2D eigenvalue weighted by atomic mass is 9.83. The second-order valence-corrected chi connectivity index (χ2v) is 4.95. The quantitative estimate of drug-likeness (QED) is 0.839. The van der Waals surface area contributed by atoms with Gasteiger partial charge in [0.15, 0.2) is 5.76 Å². The smallest absolute Gasteiger partial charge is 0.339 e. The second kappa shape index (κ2) is 5.57. The number of nitrogens with zero attached hydrogens (tertiary/aromatic N) is 1. The summed E-state index contributed by atoms with van der Waals surface area (Å²) in [5.74, 6) is 0.0983. The van der Waals surface area contributed by atoms with Crippen LogP contribution < -0.4 is 15.2 Å². The first kappa shape index (κ1) is 14.8. The minimum absolute atomic E-state index is 0.00361. The molecule has 7 heteroatoms. The van der Waals surface area contributed by atoms with E-state index in [4.69, 9.17) is 24.7 Å². The Labute approximate surface area is 132 Å². The highest BCUT2D eigenvalue weighted by atomic mass is 16.6. The van der Waals surface area contributed by atoms with Crippen molar-refractivity contribution >= 4 is 5.97 Å². The third kappa shape index (κ3) is 2.25. The van der Waals surface area contributed by atoms with Gasteiger partial charge in [-0.3, -0.25) is 0 Å². The van der Waals surface area contributed by atoms with E-state index in [1.54, 1.807) is 18.2 Å². The zero-order valence-electron chi connectivity index (χ0n) is 12.6. The number of carbonyl (C=O) groups excluding carboxylic acids is 1. The summed E-state index contributed by atoms with van der Waals surface area (Å²) in [6.45, 7) is -0.00361. The molecule has 0 amide bonds. The summed E-state index contributed by atoms with van der Waals surface area (Å²) in [6.07, 6.45) is 0. The SMILES string of the molecule is COc1ccc(OC)c([C@H]2C(C#N)=C(N)OC3=C2C(=O)OC3)c1. The normalized spacial score (nSPS) is 19.7. The maximum Gasteiger partial charge on any atom is 0.339 e. The van der Waals surface area contributed by atoms with Crippen LogP contribution >= 0.6 is 0 Å². The summed E-state index contributed by atoms with van der Waals surface area (Å²) >= 11 is 0. The largest absolute Gasteiger partial charge is 0.497 e. The molecule has 7 nitrogen and oxygen atoms in total. The predicted octanol–water partition coefficient (Wildman–Crippen LogP) is 1.32. The van der Waals surface area contributed by atoms with Crippen LogP contribution in [-0.2, 0) is 14.3 Å². The van der Waals surface area contributed by atoms with Gasteiger partial charge < -0.3 is 24.7 Å². The van der Waals surface area contributed by atoms with Crippen molar-refractivity contribution in [3.8, 4) is 17.6 Å². The summed E-state index contributed by atoms with van der Waals surface area (Å²) in [5, 5.41) is 9.47. The number of ether oxygens (including phenoxy) is 4. The number of nitrogens with two attached hydrogens (primary N) is 1. The molecule has 0 bridgehead atoms. The molecule has 2 heterocycles. The predicted molar refractivity (Wildman–Crippen MR) is 78.2 cm³/mol. The molecule has 1 aromatic rings. The van der Waals surface area contributed by atoms with E-state index in [1.165, 1.54) is 14.2 Å². The molecule has 2 N–H and O–H groups in total. The second-order valence-electron chi connectivity index (χ2n) is 4.95. The molecule has 3 rings (SSSR count). The third-order valence-electron chi connectivity index (χ3n) is 3.80. The number of esters is 1. The summed E-state index contributed by atoms with van der Waals surface area (Å²) < 4.78 is 21.0. The monoisotopic (exact) mass is 314 g/mol. The van der Waals surface area contributed by atoms with Crippen LogP contribution in [0.3, 0.4) is 0 Å². The number of methoxy groups -OCH3 is 2. The van der Waals surface area contributed by atoms with Crippen LogP contribution in [0.1, 0.15) is 11.5 Å². The number of hydrogen-bond donors (Lipinski definition) is 1. The summed E-state index contributed by atoms with van der Waals surface area (Å²) in [4.78, 5) is 12.1. The van der Waals surface area contributed by atoms with Crippen molar-refractivity contribution in [2.75, 3.05) is 20.8 Å². The van der Waals surface area contributed by atoms with Gasteiger partial charge in [0.25, 0.3) is 0 Å². The van der Waals surface area contributed by atoms with Gasteiger partial charge in [-0.2, -0.15) is 5.26 Å². The van der Waals surface area contributed by atoms with Gasteiger partial charge in [0.1, 0.15) is 29.7 Å². The average Bonchev–Trinajstić information content (AvgIpc) is 2.93. The molecule has 0 radical (unpaired) electrons. The third-order valence-corrected chi connectivity index (χ3v) is 3.80. The maximum absolute atomic E-state index is 12.1. The van der Waals surface area contributed by atoms with Gasteiger partial charge in [0.2, 0.25) is 5.88 Å². The lowest BCUT2D eigenvalue weighted by molar-refractivity contribution is -0.136.